The van der Waals surface area contributed by atoms with Gasteiger partial charge in [-0.25, -0.2) is 0 Å². The third kappa shape index (κ3) is 3.54. The summed E-state index contributed by atoms with van der Waals surface area (Å²) in [4.78, 5) is 17.4. The lowest BCUT2D eigenvalue weighted by Crippen LogP contribution is -2.46. The van der Waals surface area contributed by atoms with Crippen LogP contribution < -0.4 is 5.32 Å². The molecule has 1 aromatic rings. The van der Waals surface area contributed by atoms with Crippen molar-refractivity contribution < 1.29 is 4.79 Å². The predicted molar refractivity (Wildman–Crippen MR) is 92.7 cm³/mol. The molecule has 1 aromatic heterocycles. The van der Waals surface area contributed by atoms with Crippen molar-refractivity contribution in [1.82, 2.24) is 10.2 Å². The van der Waals surface area contributed by atoms with Crippen LogP contribution in [0.1, 0.15) is 60.1 Å². The van der Waals surface area contributed by atoms with Crippen molar-refractivity contribution in [3.05, 3.63) is 21.4 Å². The fraction of sp³-hybridized carbons (Fsp3) is 0.722. The van der Waals surface area contributed by atoms with E-state index in [4.69, 9.17) is 0 Å². The Morgan fingerprint density at radius 1 is 1.32 bits per heavy atom. The summed E-state index contributed by atoms with van der Waals surface area (Å²) in [5.41, 5.74) is 1.42. The highest BCUT2D eigenvalue weighted by Crippen LogP contribution is 2.32. The van der Waals surface area contributed by atoms with Crippen molar-refractivity contribution in [2.75, 3.05) is 13.1 Å². The van der Waals surface area contributed by atoms with Crippen molar-refractivity contribution in [2.24, 2.45) is 5.92 Å². The Hall–Kier alpha value is -0.870. The summed E-state index contributed by atoms with van der Waals surface area (Å²) in [6, 6.07) is 3.11. The molecular formula is C18H28N2OS. The van der Waals surface area contributed by atoms with Gasteiger partial charge in [0.25, 0.3) is 5.91 Å². The first-order valence-electron chi connectivity index (χ1n) is 8.69. The van der Waals surface area contributed by atoms with Gasteiger partial charge in [0.1, 0.15) is 0 Å². The number of fused-ring (bicyclic) bond motifs is 1. The summed E-state index contributed by atoms with van der Waals surface area (Å²) in [5, 5.41) is 3.26. The topological polar surface area (TPSA) is 32.3 Å². The molecule has 1 aliphatic heterocycles. The zero-order valence-electron chi connectivity index (χ0n) is 14.0. The molecule has 0 radical (unpaired) electrons. The molecule has 1 atom stereocenters. The number of rotatable bonds is 3. The molecule has 2 heterocycles. The van der Waals surface area contributed by atoms with E-state index < -0.39 is 0 Å². The summed E-state index contributed by atoms with van der Waals surface area (Å²) in [6.45, 7) is 9.00. The molecule has 2 aliphatic rings. The van der Waals surface area contributed by atoms with Gasteiger partial charge >= 0.3 is 0 Å². The number of nitrogens with one attached hydrogen (secondary N) is 1. The van der Waals surface area contributed by atoms with Crippen molar-refractivity contribution in [3.63, 3.8) is 0 Å². The van der Waals surface area contributed by atoms with E-state index in [1.54, 1.807) is 11.3 Å². The molecule has 1 aliphatic carbocycles. The van der Waals surface area contributed by atoms with Crippen LogP contribution in [0.4, 0.5) is 0 Å². The largest absolute Gasteiger partial charge is 0.349 e. The number of thiophene rings is 1. The first kappa shape index (κ1) is 16.0. The maximum absolute atomic E-state index is 12.5. The Morgan fingerprint density at radius 3 is 2.73 bits per heavy atom. The van der Waals surface area contributed by atoms with Gasteiger partial charge in [-0.3, -0.25) is 4.79 Å². The number of amides is 1. The summed E-state index contributed by atoms with van der Waals surface area (Å²) in [5.74, 6) is 0.911. The van der Waals surface area contributed by atoms with Crippen LogP contribution in [0.15, 0.2) is 6.07 Å². The molecule has 122 valence electrons. The highest BCUT2D eigenvalue weighted by atomic mass is 32.1. The Kier molecular flexibility index (Phi) is 4.88. The average molecular weight is 321 g/mol. The van der Waals surface area contributed by atoms with E-state index in [1.165, 1.54) is 16.9 Å². The number of carbonyl (C=O) groups excluding carboxylic acids is 1. The molecule has 3 rings (SSSR count). The van der Waals surface area contributed by atoms with Crippen LogP contribution in [0.3, 0.4) is 0 Å². The molecule has 4 heteroatoms. The van der Waals surface area contributed by atoms with Crippen LogP contribution >= 0.6 is 11.3 Å². The summed E-state index contributed by atoms with van der Waals surface area (Å²) >= 11 is 1.72. The fourth-order valence-electron chi connectivity index (χ4n) is 3.63. The second kappa shape index (κ2) is 6.71. The van der Waals surface area contributed by atoms with Gasteiger partial charge in [0.05, 0.1) is 4.88 Å². The van der Waals surface area contributed by atoms with Gasteiger partial charge < -0.3 is 10.2 Å². The molecule has 3 nitrogen and oxygen atoms in total. The SMILES string of the molecule is CC1CCc2sc(C(=O)NC3CCN(C(C)C)CC3)cc2C1. The van der Waals surface area contributed by atoms with Gasteiger partial charge in [0, 0.05) is 30.1 Å². The number of hydrogen-bond acceptors (Lipinski definition) is 3. The Morgan fingerprint density at radius 2 is 2.05 bits per heavy atom. The highest BCUT2D eigenvalue weighted by molar-refractivity contribution is 7.14. The van der Waals surface area contributed by atoms with Crippen molar-refractivity contribution in [2.45, 2.75) is 65.0 Å². The normalized spacial score (nSPS) is 23.5. The maximum Gasteiger partial charge on any atom is 0.261 e. The van der Waals surface area contributed by atoms with Crippen LogP contribution in [0.5, 0.6) is 0 Å². The lowest BCUT2D eigenvalue weighted by Gasteiger charge is -2.34. The average Bonchev–Trinajstić information content (AvgIpc) is 2.91. The first-order valence-corrected chi connectivity index (χ1v) is 9.51. The number of aryl methyl sites for hydroxylation is 1. The van der Waals surface area contributed by atoms with Gasteiger partial charge in [-0.1, -0.05) is 6.92 Å². The minimum atomic E-state index is 0.148. The van der Waals surface area contributed by atoms with Gasteiger partial charge in [0.2, 0.25) is 0 Å². The highest BCUT2D eigenvalue weighted by Gasteiger charge is 2.24. The van der Waals surface area contributed by atoms with E-state index in [1.807, 2.05) is 0 Å². The van der Waals surface area contributed by atoms with Crippen LogP contribution in [0.25, 0.3) is 0 Å². The Bertz CT molecular complexity index is 529. The van der Waals surface area contributed by atoms with E-state index in [0.717, 1.165) is 49.6 Å². The molecule has 1 saturated heterocycles. The van der Waals surface area contributed by atoms with E-state index in [9.17, 15) is 4.79 Å². The van der Waals surface area contributed by atoms with Crippen molar-refractivity contribution >= 4 is 17.2 Å². The first-order chi connectivity index (χ1) is 10.5. The van der Waals surface area contributed by atoms with E-state index in [-0.39, 0.29) is 5.91 Å². The zero-order valence-corrected chi connectivity index (χ0v) is 14.8. The lowest BCUT2D eigenvalue weighted by atomic mass is 9.90. The standard InChI is InChI=1S/C18H28N2OS/c1-12(2)20-8-6-15(7-9-20)19-18(21)17-11-14-10-13(3)4-5-16(14)22-17/h11-13,15H,4-10H2,1-3H3,(H,19,21). The third-order valence-corrected chi connectivity index (χ3v) is 6.38. The molecule has 1 fully saturated rings. The van der Waals surface area contributed by atoms with Crippen LogP contribution in [-0.4, -0.2) is 36.0 Å². The van der Waals surface area contributed by atoms with Gasteiger partial charge in [-0.2, -0.15) is 0 Å². The minimum Gasteiger partial charge on any atom is -0.349 e. The zero-order chi connectivity index (χ0) is 15.7. The molecule has 22 heavy (non-hydrogen) atoms. The molecule has 1 N–H and O–H groups in total. The number of hydrogen-bond donors (Lipinski definition) is 1. The molecule has 0 aromatic carbocycles. The number of nitrogens with zero attached hydrogens (tertiary/aromatic N) is 1. The summed E-state index contributed by atoms with van der Waals surface area (Å²) < 4.78 is 0. The van der Waals surface area contributed by atoms with Crippen molar-refractivity contribution in [1.29, 1.82) is 0 Å². The number of likely N-dealkylation sites (tertiary alicyclic amines) is 1. The predicted octanol–water partition coefficient (Wildman–Crippen LogP) is 3.48. The van der Waals surface area contributed by atoms with Crippen LogP contribution in [0, 0.1) is 5.92 Å². The second-order valence-corrected chi connectivity index (χ2v) is 8.42. The maximum atomic E-state index is 12.5. The summed E-state index contributed by atoms with van der Waals surface area (Å²) in [7, 11) is 0. The number of piperidine rings is 1. The molecular weight excluding hydrogens is 292 g/mol. The molecule has 1 amide bonds. The minimum absolute atomic E-state index is 0.148. The van der Waals surface area contributed by atoms with E-state index in [0.29, 0.717) is 12.1 Å². The van der Waals surface area contributed by atoms with Gasteiger partial charge in [-0.05, 0) is 63.5 Å². The van der Waals surface area contributed by atoms with E-state index >= 15 is 0 Å². The lowest BCUT2D eigenvalue weighted by molar-refractivity contribution is 0.0904. The van der Waals surface area contributed by atoms with Crippen LogP contribution in [0.2, 0.25) is 0 Å². The van der Waals surface area contributed by atoms with E-state index in [2.05, 4.69) is 37.1 Å². The second-order valence-electron chi connectivity index (χ2n) is 7.28. The van der Waals surface area contributed by atoms with Crippen molar-refractivity contribution in [3.8, 4) is 0 Å². The van der Waals surface area contributed by atoms with Gasteiger partial charge in [-0.15, -0.1) is 11.3 Å². The summed E-state index contributed by atoms with van der Waals surface area (Å²) in [6.07, 6.45) is 5.72. The van der Waals surface area contributed by atoms with Crippen LogP contribution in [-0.2, 0) is 12.8 Å². The fourth-order valence-corrected chi connectivity index (χ4v) is 4.75. The molecule has 0 spiro atoms. The molecule has 0 bridgehead atoms. The molecule has 0 saturated carbocycles. The van der Waals surface area contributed by atoms with Gasteiger partial charge in [0.15, 0.2) is 0 Å². The monoisotopic (exact) mass is 320 g/mol. The Balaban J connectivity index is 1.57. The Labute approximate surface area is 138 Å². The quantitative estimate of drug-likeness (QED) is 0.925. The number of carbonyl (C=O) groups is 1. The molecule has 1 unspecified atom stereocenters. The smallest absolute Gasteiger partial charge is 0.261 e. The third-order valence-electron chi connectivity index (χ3n) is 5.15.